The van der Waals surface area contributed by atoms with Crippen molar-refractivity contribution in [3.63, 3.8) is 0 Å². The molecule has 140 valence electrons. The molecule has 3 rings (SSSR count). The van der Waals surface area contributed by atoms with Crippen LogP contribution in [0.3, 0.4) is 0 Å². The number of carbonyl (C=O) groups excluding carboxylic acids is 1. The van der Waals surface area contributed by atoms with Gasteiger partial charge in [-0.3, -0.25) is 9.59 Å². The van der Waals surface area contributed by atoms with Gasteiger partial charge in [-0.2, -0.15) is 9.78 Å². The summed E-state index contributed by atoms with van der Waals surface area (Å²) in [6.45, 7) is 6.26. The molecule has 0 spiro atoms. The second-order valence-corrected chi connectivity index (χ2v) is 6.23. The van der Waals surface area contributed by atoms with E-state index in [0.717, 1.165) is 24.1 Å². The maximum atomic E-state index is 12.6. The van der Waals surface area contributed by atoms with Crippen molar-refractivity contribution in [2.24, 2.45) is 0 Å². The van der Waals surface area contributed by atoms with E-state index in [9.17, 15) is 9.59 Å². The maximum absolute atomic E-state index is 12.6. The molecule has 2 aromatic heterocycles. The molecule has 0 saturated heterocycles. The van der Waals surface area contributed by atoms with Crippen molar-refractivity contribution in [2.45, 2.75) is 40.2 Å². The molecule has 1 N–H and O–H groups in total. The Morgan fingerprint density at radius 2 is 2.00 bits per heavy atom. The monoisotopic (exact) mass is 367 g/mol. The van der Waals surface area contributed by atoms with E-state index in [1.807, 2.05) is 19.9 Å². The SMILES string of the molecule is CCCCn1nc(C(=O)Nc2ccc(C)c(-n3nnnc3C)c2)ccc1=O. The van der Waals surface area contributed by atoms with Crippen LogP contribution in [0.4, 0.5) is 5.69 Å². The molecule has 0 unspecified atom stereocenters. The van der Waals surface area contributed by atoms with Crippen LogP contribution in [0, 0.1) is 13.8 Å². The molecule has 0 aliphatic carbocycles. The first-order valence-electron chi connectivity index (χ1n) is 8.75. The third-order valence-corrected chi connectivity index (χ3v) is 4.14. The van der Waals surface area contributed by atoms with Gasteiger partial charge in [-0.1, -0.05) is 19.4 Å². The van der Waals surface area contributed by atoms with Crippen molar-refractivity contribution in [2.75, 3.05) is 5.32 Å². The number of nitrogens with one attached hydrogen (secondary N) is 1. The van der Waals surface area contributed by atoms with Crippen molar-refractivity contribution in [1.82, 2.24) is 30.0 Å². The molecule has 27 heavy (non-hydrogen) atoms. The van der Waals surface area contributed by atoms with Crippen molar-refractivity contribution < 1.29 is 4.79 Å². The third kappa shape index (κ3) is 4.08. The lowest BCUT2D eigenvalue weighted by atomic mass is 10.1. The largest absolute Gasteiger partial charge is 0.321 e. The van der Waals surface area contributed by atoms with Gasteiger partial charge in [0, 0.05) is 18.3 Å². The van der Waals surface area contributed by atoms with E-state index in [2.05, 4.69) is 25.9 Å². The van der Waals surface area contributed by atoms with Crippen LogP contribution in [0.2, 0.25) is 0 Å². The molecule has 3 aromatic rings. The molecule has 1 aromatic carbocycles. The van der Waals surface area contributed by atoms with Crippen LogP contribution in [-0.2, 0) is 6.54 Å². The molecule has 9 nitrogen and oxygen atoms in total. The maximum Gasteiger partial charge on any atom is 0.276 e. The molecule has 2 heterocycles. The molecule has 0 radical (unpaired) electrons. The number of unbranched alkanes of at least 4 members (excludes halogenated alkanes) is 1. The Kier molecular flexibility index (Phi) is 5.39. The van der Waals surface area contributed by atoms with Gasteiger partial charge < -0.3 is 5.32 Å². The summed E-state index contributed by atoms with van der Waals surface area (Å²) in [7, 11) is 0. The highest BCUT2D eigenvalue weighted by atomic mass is 16.2. The summed E-state index contributed by atoms with van der Waals surface area (Å²) < 4.78 is 2.93. The summed E-state index contributed by atoms with van der Waals surface area (Å²) in [6, 6.07) is 8.26. The van der Waals surface area contributed by atoms with Crippen molar-refractivity contribution >= 4 is 11.6 Å². The number of aromatic nitrogens is 6. The number of carbonyl (C=O) groups is 1. The summed E-state index contributed by atoms with van der Waals surface area (Å²) in [5.74, 6) is 0.259. The summed E-state index contributed by atoms with van der Waals surface area (Å²) in [4.78, 5) is 24.4. The predicted molar refractivity (Wildman–Crippen MR) is 100.0 cm³/mol. The summed E-state index contributed by atoms with van der Waals surface area (Å²) in [6.07, 6.45) is 1.76. The van der Waals surface area contributed by atoms with E-state index in [1.54, 1.807) is 23.7 Å². The van der Waals surface area contributed by atoms with Gasteiger partial charge in [0.2, 0.25) is 0 Å². The predicted octanol–water partition coefficient (Wildman–Crippen LogP) is 1.89. The number of nitrogens with zero attached hydrogens (tertiary/aromatic N) is 6. The van der Waals surface area contributed by atoms with Crippen molar-refractivity contribution in [1.29, 1.82) is 0 Å². The molecule has 0 fully saturated rings. The van der Waals surface area contributed by atoms with Gasteiger partial charge in [0.05, 0.1) is 5.69 Å². The number of hydrogen-bond donors (Lipinski definition) is 1. The second-order valence-electron chi connectivity index (χ2n) is 6.23. The minimum absolute atomic E-state index is 0.187. The van der Waals surface area contributed by atoms with E-state index in [-0.39, 0.29) is 17.2 Å². The van der Waals surface area contributed by atoms with Gasteiger partial charge in [-0.15, -0.1) is 5.10 Å². The zero-order valence-corrected chi connectivity index (χ0v) is 15.5. The molecule has 0 bridgehead atoms. The second kappa shape index (κ2) is 7.90. The van der Waals surface area contributed by atoms with E-state index >= 15 is 0 Å². The van der Waals surface area contributed by atoms with Gasteiger partial charge in [0.15, 0.2) is 5.82 Å². The zero-order chi connectivity index (χ0) is 19.4. The molecular weight excluding hydrogens is 346 g/mol. The molecule has 0 saturated carbocycles. The summed E-state index contributed by atoms with van der Waals surface area (Å²) in [5.41, 5.74) is 2.30. The van der Waals surface area contributed by atoms with Gasteiger partial charge in [0.25, 0.3) is 11.5 Å². The zero-order valence-electron chi connectivity index (χ0n) is 15.5. The van der Waals surface area contributed by atoms with E-state index in [0.29, 0.717) is 18.1 Å². The summed E-state index contributed by atoms with van der Waals surface area (Å²) >= 11 is 0. The average Bonchev–Trinajstić information content (AvgIpc) is 3.08. The first-order valence-corrected chi connectivity index (χ1v) is 8.75. The Morgan fingerprint density at radius 1 is 1.19 bits per heavy atom. The van der Waals surface area contributed by atoms with Crippen LogP contribution in [0.15, 0.2) is 35.1 Å². The Labute approximate surface area is 156 Å². The number of amides is 1. The number of hydrogen-bond acceptors (Lipinski definition) is 6. The number of tetrazole rings is 1. The van der Waals surface area contributed by atoms with Crippen LogP contribution in [-0.4, -0.2) is 35.9 Å². The molecule has 9 heteroatoms. The van der Waals surface area contributed by atoms with E-state index in [1.165, 1.54) is 16.8 Å². The number of rotatable bonds is 6. The fourth-order valence-corrected chi connectivity index (χ4v) is 2.60. The van der Waals surface area contributed by atoms with Crippen LogP contribution in [0.25, 0.3) is 5.69 Å². The highest BCUT2D eigenvalue weighted by molar-refractivity contribution is 6.02. The van der Waals surface area contributed by atoms with Crippen LogP contribution in [0.1, 0.15) is 41.6 Å². The van der Waals surface area contributed by atoms with E-state index < -0.39 is 0 Å². The highest BCUT2D eigenvalue weighted by Crippen LogP contribution is 2.19. The van der Waals surface area contributed by atoms with Gasteiger partial charge in [0.1, 0.15) is 5.69 Å². The molecule has 0 aliphatic heterocycles. The third-order valence-electron chi connectivity index (χ3n) is 4.14. The fraction of sp³-hybridized carbons (Fsp3) is 0.333. The molecule has 1 amide bonds. The standard InChI is InChI=1S/C18H21N7O2/c1-4-5-10-24-17(26)9-8-15(21-24)18(27)19-14-7-6-12(2)16(11-14)25-13(3)20-22-23-25/h6-9,11H,4-5,10H2,1-3H3,(H,19,27). The van der Waals surface area contributed by atoms with Gasteiger partial charge >= 0.3 is 0 Å². The number of aryl methyl sites for hydroxylation is 3. The first kappa shape index (κ1) is 18.4. The van der Waals surface area contributed by atoms with E-state index in [4.69, 9.17) is 0 Å². The quantitative estimate of drug-likeness (QED) is 0.713. The van der Waals surface area contributed by atoms with Crippen LogP contribution < -0.4 is 10.9 Å². The number of anilines is 1. The van der Waals surface area contributed by atoms with Gasteiger partial charge in [-0.05, 0) is 54.5 Å². The lowest BCUT2D eigenvalue weighted by Crippen LogP contribution is -2.26. The Morgan fingerprint density at radius 3 is 2.70 bits per heavy atom. The normalized spacial score (nSPS) is 10.8. The molecule has 0 atom stereocenters. The Bertz CT molecular complexity index is 1020. The van der Waals surface area contributed by atoms with Crippen molar-refractivity contribution in [3.8, 4) is 5.69 Å². The minimum atomic E-state index is -0.386. The van der Waals surface area contributed by atoms with Crippen molar-refractivity contribution in [3.05, 3.63) is 57.8 Å². The first-order chi connectivity index (χ1) is 13.0. The summed E-state index contributed by atoms with van der Waals surface area (Å²) in [5, 5.41) is 18.5. The Balaban J connectivity index is 1.84. The molecule has 0 aliphatic rings. The van der Waals surface area contributed by atoms with Crippen LogP contribution >= 0.6 is 0 Å². The minimum Gasteiger partial charge on any atom is -0.321 e. The smallest absolute Gasteiger partial charge is 0.276 e. The Hall–Kier alpha value is -3.36. The number of benzene rings is 1. The molecular formula is C18H21N7O2. The van der Waals surface area contributed by atoms with Crippen LogP contribution in [0.5, 0.6) is 0 Å². The topological polar surface area (TPSA) is 108 Å². The highest BCUT2D eigenvalue weighted by Gasteiger charge is 2.13. The average molecular weight is 367 g/mol. The van der Waals surface area contributed by atoms with Gasteiger partial charge in [-0.25, -0.2) is 4.68 Å². The lowest BCUT2D eigenvalue weighted by Gasteiger charge is -2.11. The fourth-order valence-electron chi connectivity index (χ4n) is 2.60. The lowest BCUT2D eigenvalue weighted by molar-refractivity contribution is 0.101.